The van der Waals surface area contributed by atoms with Crippen LogP contribution in [0.1, 0.15) is 17.5 Å². The number of anilines is 1. The molecule has 0 fully saturated rings. The summed E-state index contributed by atoms with van der Waals surface area (Å²) in [6, 6.07) is 6.14. The van der Waals surface area contributed by atoms with Gasteiger partial charge in [0.2, 0.25) is 0 Å². The average molecular weight is 296 g/mol. The molecular formula is C15H24N2O2S. The Hall–Kier alpha value is -1.17. The Morgan fingerprint density at radius 2 is 1.90 bits per heavy atom. The fourth-order valence-corrected chi connectivity index (χ4v) is 2.24. The molecule has 0 radical (unpaired) electrons. The van der Waals surface area contributed by atoms with Crippen molar-refractivity contribution in [2.45, 2.75) is 13.3 Å². The number of aryl methyl sites for hydroxylation is 1. The number of hydrogen-bond acceptors (Lipinski definition) is 4. The van der Waals surface area contributed by atoms with Crippen molar-refractivity contribution in [3.63, 3.8) is 0 Å². The van der Waals surface area contributed by atoms with Crippen molar-refractivity contribution in [2.75, 3.05) is 45.4 Å². The monoisotopic (exact) mass is 296 g/mol. The van der Waals surface area contributed by atoms with Gasteiger partial charge in [-0.2, -0.15) is 0 Å². The van der Waals surface area contributed by atoms with Crippen LogP contribution in [0, 0.1) is 6.92 Å². The molecule has 0 aliphatic carbocycles. The lowest BCUT2D eigenvalue weighted by molar-refractivity contribution is 0.191. The minimum Gasteiger partial charge on any atom is -0.389 e. The third kappa shape index (κ3) is 5.07. The molecule has 0 spiro atoms. The number of benzene rings is 1. The molecule has 0 atom stereocenters. The second-order valence-corrected chi connectivity index (χ2v) is 5.15. The van der Waals surface area contributed by atoms with Gasteiger partial charge in [0.05, 0.1) is 6.61 Å². The first-order valence-corrected chi connectivity index (χ1v) is 7.14. The summed E-state index contributed by atoms with van der Waals surface area (Å²) in [5.41, 5.74) is 9.01. The van der Waals surface area contributed by atoms with Crippen LogP contribution in [0.15, 0.2) is 18.2 Å². The van der Waals surface area contributed by atoms with Crippen LogP contribution in [0.25, 0.3) is 0 Å². The lowest BCUT2D eigenvalue weighted by Crippen LogP contribution is -2.31. The number of nitrogens with two attached hydrogens (primary N) is 1. The summed E-state index contributed by atoms with van der Waals surface area (Å²) in [7, 11) is 3.42. The number of rotatable bonds is 9. The zero-order valence-electron chi connectivity index (χ0n) is 12.5. The van der Waals surface area contributed by atoms with Crippen molar-refractivity contribution in [2.24, 2.45) is 5.73 Å². The number of methoxy groups -OCH3 is 2. The van der Waals surface area contributed by atoms with E-state index in [0.29, 0.717) is 11.6 Å². The summed E-state index contributed by atoms with van der Waals surface area (Å²) >= 11 is 5.16. The molecule has 0 heterocycles. The summed E-state index contributed by atoms with van der Waals surface area (Å²) in [6.07, 6.45) is 0.949. The summed E-state index contributed by atoms with van der Waals surface area (Å²) in [4.78, 5) is 2.68. The Kier molecular flexibility index (Phi) is 7.51. The molecule has 0 saturated carbocycles. The topological polar surface area (TPSA) is 47.7 Å². The van der Waals surface area contributed by atoms with E-state index in [2.05, 4.69) is 17.9 Å². The van der Waals surface area contributed by atoms with E-state index in [1.807, 2.05) is 12.1 Å². The number of ether oxygens (including phenoxy) is 2. The zero-order chi connectivity index (χ0) is 15.0. The minimum atomic E-state index is 0.425. The highest BCUT2D eigenvalue weighted by molar-refractivity contribution is 7.80. The van der Waals surface area contributed by atoms with Crippen LogP contribution in [0.2, 0.25) is 0 Å². The molecule has 0 saturated heterocycles. The number of nitrogens with zero attached hydrogens (tertiary/aromatic N) is 1. The van der Waals surface area contributed by atoms with Gasteiger partial charge in [-0.3, -0.25) is 0 Å². The van der Waals surface area contributed by atoms with E-state index in [-0.39, 0.29) is 0 Å². The molecule has 0 aliphatic rings. The van der Waals surface area contributed by atoms with Crippen LogP contribution in [0.3, 0.4) is 0 Å². The van der Waals surface area contributed by atoms with Crippen molar-refractivity contribution < 1.29 is 9.47 Å². The third-order valence-corrected chi connectivity index (χ3v) is 3.32. The van der Waals surface area contributed by atoms with Gasteiger partial charge >= 0.3 is 0 Å². The Morgan fingerprint density at radius 3 is 2.50 bits per heavy atom. The van der Waals surface area contributed by atoms with E-state index >= 15 is 0 Å². The molecule has 4 nitrogen and oxygen atoms in total. The van der Waals surface area contributed by atoms with Gasteiger partial charge in [0.25, 0.3) is 0 Å². The largest absolute Gasteiger partial charge is 0.389 e. The standard InChI is InChI=1S/C15H24N2O2S/c1-12-5-6-13(15(16)20)14(11-12)17(8-10-19-3)7-4-9-18-2/h5-6,11H,4,7-10H2,1-3H3,(H2,16,20). The van der Waals surface area contributed by atoms with Crippen molar-refractivity contribution in [1.29, 1.82) is 0 Å². The maximum Gasteiger partial charge on any atom is 0.106 e. The predicted molar refractivity (Wildman–Crippen MR) is 87.6 cm³/mol. The van der Waals surface area contributed by atoms with Gasteiger partial charge in [-0.15, -0.1) is 0 Å². The molecule has 1 aromatic carbocycles. The summed E-state index contributed by atoms with van der Waals surface area (Å²) in [5, 5.41) is 0. The lowest BCUT2D eigenvalue weighted by Gasteiger charge is -2.27. The van der Waals surface area contributed by atoms with Crippen LogP contribution >= 0.6 is 12.2 Å². The molecule has 0 bridgehead atoms. The number of thiocarbonyl (C=S) groups is 1. The molecule has 0 unspecified atom stereocenters. The third-order valence-electron chi connectivity index (χ3n) is 3.10. The van der Waals surface area contributed by atoms with Gasteiger partial charge in [-0.1, -0.05) is 18.3 Å². The molecule has 1 aromatic rings. The van der Waals surface area contributed by atoms with Gasteiger partial charge in [0, 0.05) is 45.2 Å². The van der Waals surface area contributed by atoms with Crippen molar-refractivity contribution in [1.82, 2.24) is 0 Å². The van der Waals surface area contributed by atoms with Gasteiger partial charge in [-0.25, -0.2) is 0 Å². The normalized spacial score (nSPS) is 10.6. The first-order chi connectivity index (χ1) is 9.60. The molecule has 5 heteroatoms. The molecule has 2 N–H and O–H groups in total. The predicted octanol–water partition coefficient (Wildman–Crippen LogP) is 2.12. The smallest absolute Gasteiger partial charge is 0.106 e. The Balaban J connectivity index is 2.97. The maximum absolute atomic E-state index is 5.83. The Morgan fingerprint density at radius 1 is 1.20 bits per heavy atom. The molecule has 0 aromatic heterocycles. The molecule has 0 amide bonds. The molecule has 1 rings (SSSR count). The fourth-order valence-electron chi connectivity index (χ4n) is 2.07. The maximum atomic E-state index is 5.83. The van der Waals surface area contributed by atoms with Gasteiger partial charge in [-0.05, 0) is 31.0 Å². The minimum absolute atomic E-state index is 0.425. The van der Waals surface area contributed by atoms with Crippen LogP contribution in [-0.4, -0.2) is 45.5 Å². The first-order valence-electron chi connectivity index (χ1n) is 6.73. The second kappa shape index (κ2) is 8.89. The van der Waals surface area contributed by atoms with E-state index in [9.17, 15) is 0 Å². The summed E-state index contributed by atoms with van der Waals surface area (Å²) in [6.45, 7) is 5.15. The zero-order valence-corrected chi connectivity index (χ0v) is 13.3. The average Bonchev–Trinajstić information content (AvgIpc) is 2.42. The van der Waals surface area contributed by atoms with Crippen LogP contribution in [0.4, 0.5) is 5.69 Å². The Bertz CT molecular complexity index is 438. The molecule has 112 valence electrons. The van der Waals surface area contributed by atoms with E-state index in [0.717, 1.165) is 37.4 Å². The van der Waals surface area contributed by atoms with Crippen LogP contribution in [0.5, 0.6) is 0 Å². The molecule has 20 heavy (non-hydrogen) atoms. The highest BCUT2D eigenvalue weighted by atomic mass is 32.1. The van der Waals surface area contributed by atoms with Gasteiger partial charge < -0.3 is 20.1 Å². The van der Waals surface area contributed by atoms with E-state index in [4.69, 9.17) is 27.4 Å². The van der Waals surface area contributed by atoms with Gasteiger partial charge in [0.1, 0.15) is 4.99 Å². The summed E-state index contributed by atoms with van der Waals surface area (Å²) in [5.74, 6) is 0. The van der Waals surface area contributed by atoms with Crippen LogP contribution < -0.4 is 10.6 Å². The van der Waals surface area contributed by atoms with Crippen molar-refractivity contribution in [3.05, 3.63) is 29.3 Å². The highest BCUT2D eigenvalue weighted by Gasteiger charge is 2.13. The molecule has 0 aliphatic heterocycles. The fraction of sp³-hybridized carbons (Fsp3) is 0.533. The van der Waals surface area contributed by atoms with Crippen molar-refractivity contribution in [3.8, 4) is 0 Å². The van der Waals surface area contributed by atoms with E-state index < -0.39 is 0 Å². The van der Waals surface area contributed by atoms with Gasteiger partial charge in [0.15, 0.2) is 0 Å². The van der Waals surface area contributed by atoms with E-state index in [1.165, 1.54) is 5.56 Å². The highest BCUT2D eigenvalue weighted by Crippen LogP contribution is 2.22. The van der Waals surface area contributed by atoms with Crippen LogP contribution in [-0.2, 0) is 9.47 Å². The number of hydrogen-bond donors (Lipinski definition) is 1. The van der Waals surface area contributed by atoms with E-state index in [1.54, 1.807) is 14.2 Å². The second-order valence-electron chi connectivity index (χ2n) is 4.71. The van der Waals surface area contributed by atoms with Crippen molar-refractivity contribution >= 4 is 22.9 Å². The SMILES string of the molecule is COCCCN(CCOC)c1cc(C)ccc1C(N)=S. The summed E-state index contributed by atoms with van der Waals surface area (Å²) < 4.78 is 10.3. The molecular weight excluding hydrogens is 272 g/mol. The first kappa shape index (κ1) is 16.9. The Labute approximate surface area is 126 Å². The quantitative estimate of drug-likeness (QED) is 0.559. The lowest BCUT2D eigenvalue weighted by atomic mass is 10.1.